The molecular weight excluding hydrogens is 356 g/mol. The van der Waals surface area contributed by atoms with Crippen LogP contribution in [0.2, 0.25) is 0 Å². The van der Waals surface area contributed by atoms with E-state index in [0.29, 0.717) is 0 Å². The predicted octanol–water partition coefficient (Wildman–Crippen LogP) is -1.51. The molecule has 2 rings (SSSR count). The topological polar surface area (TPSA) is 143 Å². The van der Waals surface area contributed by atoms with E-state index in [9.17, 15) is 23.8 Å². The number of hydrogen-bond acceptors (Lipinski definition) is 8. The SMILES string of the molecule is CC(C)C(=O)N[C@H]1[C@H]([C@H](O)[C@H](O)CO)OC(C)(F)C(F)[C@@H]1n1cnnn1. The molecule has 1 aromatic rings. The van der Waals surface area contributed by atoms with Gasteiger partial charge in [-0.2, -0.15) is 0 Å². The van der Waals surface area contributed by atoms with Crippen molar-refractivity contribution < 1.29 is 33.6 Å². The number of carbonyl (C=O) groups excluding carboxylic acids is 1. The van der Waals surface area contributed by atoms with Crippen molar-refractivity contribution in [2.24, 2.45) is 5.92 Å². The van der Waals surface area contributed by atoms with Crippen molar-refractivity contribution in [2.45, 2.75) is 63.2 Å². The Morgan fingerprint density at radius 3 is 2.62 bits per heavy atom. The number of rotatable bonds is 6. The van der Waals surface area contributed by atoms with Crippen LogP contribution >= 0.6 is 0 Å². The monoisotopic (exact) mass is 379 g/mol. The predicted molar refractivity (Wildman–Crippen MR) is 82.0 cm³/mol. The molecule has 12 heteroatoms. The average molecular weight is 379 g/mol. The van der Waals surface area contributed by atoms with Gasteiger partial charge in [-0.05, 0) is 17.4 Å². The van der Waals surface area contributed by atoms with Gasteiger partial charge in [0, 0.05) is 5.92 Å². The van der Waals surface area contributed by atoms with E-state index >= 15 is 0 Å². The lowest BCUT2D eigenvalue weighted by Crippen LogP contribution is -2.67. The molecule has 1 aliphatic rings. The largest absolute Gasteiger partial charge is 0.394 e. The normalized spacial score (nSPS) is 34.5. The lowest BCUT2D eigenvalue weighted by molar-refractivity contribution is -0.279. The molecule has 0 spiro atoms. The zero-order valence-corrected chi connectivity index (χ0v) is 14.5. The number of tetrazole rings is 1. The first kappa shape index (κ1) is 20.6. The summed E-state index contributed by atoms with van der Waals surface area (Å²) in [5.74, 6) is -3.87. The van der Waals surface area contributed by atoms with Crippen molar-refractivity contribution in [3.8, 4) is 0 Å². The second-order valence-electron chi connectivity index (χ2n) is 6.68. The Balaban J connectivity index is 2.47. The Labute approximate surface area is 148 Å². The van der Waals surface area contributed by atoms with Crippen LogP contribution in [-0.2, 0) is 9.53 Å². The molecule has 0 saturated carbocycles. The maximum absolute atomic E-state index is 14.8. The number of aliphatic hydroxyl groups is 3. The van der Waals surface area contributed by atoms with Crippen molar-refractivity contribution in [2.75, 3.05) is 6.61 Å². The molecule has 7 atom stereocenters. The lowest BCUT2D eigenvalue weighted by Gasteiger charge is -2.47. The Morgan fingerprint density at radius 1 is 1.46 bits per heavy atom. The third-order valence-corrected chi connectivity index (χ3v) is 4.30. The summed E-state index contributed by atoms with van der Waals surface area (Å²) in [4.78, 5) is 12.2. The van der Waals surface area contributed by atoms with Crippen LogP contribution in [0.4, 0.5) is 8.78 Å². The highest BCUT2D eigenvalue weighted by Crippen LogP contribution is 2.40. The fraction of sp³-hybridized carbons (Fsp3) is 0.857. The minimum Gasteiger partial charge on any atom is -0.394 e. The smallest absolute Gasteiger partial charge is 0.240 e. The first-order valence-electron chi connectivity index (χ1n) is 8.10. The van der Waals surface area contributed by atoms with Crippen LogP contribution in [-0.4, -0.2) is 84.4 Å². The van der Waals surface area contributed by atoms with Gasteiger partial charge < -0.3 is 25.4 Å². The first-order valence-corrected chi connectivity index (χ1v) is 8.10. The van der Waals surface area contributed by atoms with E-state index in [2.05, 4.69) is 20.8 Å². The van der Waals surface area contributed by atoms with Crippen LogP contribution in [0.15, 0.2) is 6.33 Å². The molecule has 0 bridgehead atoms. The minimum absolute atomic E-state index is 0.498. The molecule has 0 aliphatic carbocycles. The summed E-state index contributed by atoms with van der Waals surface area (Å²) < 4.78 is 35.5. The zero-order valence-electron chi connectivity index (χ0n) is 14.5. The standard InChI is InChI=1S/C14H23F2N5O5/c1-6(2)13(25)18-8-9(21-5-17-19-20-21)12(15)14(3,16)26-11(8)10(24)7(23)4-22/h5-12,22-24H,4H2,1-3H3,(H,18,25)/t7-,8-,9-,10-,11-,12?,14?/m1/s1. The fourth-order valence-corrected chi connectivity index (χ4v) is 2.80. The van der Waals surface area contributed by atoms with Gasteiger partial charge >= 0.3 is 0 Å². The highest BCUT2D eigenvalue weighted by molar-refractivity contribution is 5.78. The molecular formula is C14H23F2N5O5. The van der Waals surface area contributed by atoms with Crippen LogP contribution in [0.5, 0.6) is 0 Å². The van der Waals surface area contributed by atoms with E-state index in [1.165, 1.54) is 0 Å². The number of nitrogens with zero attached hydrogens (tertiary/aromatic N) is 4. The van der Waals surface area contributed by atoms with Gasteiger partial charge in [0.25, 0.3) is 0 Å². The molecule has 26 heavy (non-hydrogen) atoms. The molecule has 10 nitrogen and oxygen atoms in total. The Kier molecular flexibility index (Phi) is 6.21. The summed E-state index contributed by atoms with van der Waals surface area (Å²) in [6.45, 7) is 3.15. The molecule has 0 aromatic carbocycles. The van der Waals surface area contributed by atoms with Crippen molar-refractivity contribution >= 4 is 5.91 Å². The van der Waals surface area contributed by atoms with Gasteiger partial charge in [0.1, 0.15) is 30.7 Å². The van der Waals surface area contributed by atoms with Crippen molar-refractivity contribution in [1.82, 2.24) is 25.5 Å². The first-order chi connectivity index (χ1) is 12.1. The molecule has 2 heterocycles. The number of nitrogens with one attached hydrogen (secondary N) is 1. The van der Waals surface area contributed by atoms with Gasteiger partial charge in [-0.15, -0.1) is 5.10 Å². The Hall–Kier alpha value is -1.76. The van der Waals surface area contributed by atoms with Gasteiger partial charge in [0.15, 0.2) is 6.17 Å². The van der Waals surface area contributed by atoms with Gasteiger partial charge in [-0.25, -0.2) is 13.5 Å². The van der Waals surface area contributed by atoms with Crippen LogP contribution in [0, 0.1) is 5.92 Å². The molecule has 1 aliphatic heterocycles. The Bertz CT molecular complexity index is 603. The third-order valence-electron chi connectivity index (χ3n) is 4.30. The van der Waals surface area contributed by atoms with Crippen LogP contribution < -0.4 is 5.32 Å². The summed E-state index contributed by atoms with van der Waals surface area (Å²) in [6, 6.07) is -2.77. The number of hydrogen-bond donors (Lipinski definition) is 4. The number of alkyl halides is 2. The van der Waals surface area contributed by atoms with Crippen molar-refractivity contribution in [3.05, 3.63) is 6.33 Å². The molecule has 0 radical (unpaired) electrons. The quantitative estimate of drug-likeness (QED) is 0.467. The molecule has 1 saturated heterocycles. The third kappa shape index (κ3) is 3.98. The van der Waals surface area contributed by atoms with E-state index in [0.717, 1.165) is 17.9 Å². The summed E-state index contributed by atoms with van der Waals surface area (Å²) in [5.41, 5.74) is 0. The van der Waals surface area contributed by atoms with Gasteiger partial charge in [0.05, 0.1) is 12.6 Å². The summed E-state index contributed by atoms with van der Waals surface area (Å²) in [6.07, 6.45) is -6.33. The maximum Gasteiger partial charge on any atom is 0.240 e. The van der Waals surface area contributed by atoms with E-state index in [-0.39, 0.29) is 0 Å². The van der Waals surface area contributed by atoms with Gasteiger partial charge in [-0.1, -0.05) is 13.8 Å². The van der Waals surface area contributed by atoms with Crippen molar-refractivity contribution in [3.63, 3.8) is 0 Å². The van der Waals surface area contributed by atoms with Gasteiger partial charge in [0.2, 0.25) is 11.8 Å². The highest BCUT2D eigenvalue weighted by atomic mass is 19.2. The van der Waals surface area contributed by atoms with E-state index < -0.39 is 60.9 Å². The number of aromatic nitrogens is 4. The minimum atomic E-state index is -2.86. The number of carbonyl (C=O) groups is 1. The lowest BCUT2D eigenvalue weighted by atomic mass is 9.86. The number of halogens is 2. The number of amides is 1. The Morgan fingerprint density at radius 2 is 2.12 bits per heavy atom. The van der Waals surface area contributed by atoms with Crippen LogP contribution in [0.3, 0.4) is 0 Å². The summed E-state index contributed by atoms with van der Waals surface area (Å²) in [7, 11) is 0. The van der Waals surface area contributed by atoms with Gasteiger partial charge in [-0.3, -0.25) is 4.79 Å². The van der Waals surface area contributed by atoms with Crippen molar-refractivity contribution in [1.29, 1.82) is 0 Å². The molecule has 2 unspecified atom stereocenters. The molecule has 4 N–H and O–H groups in total. The van der Waals surface area contributed by atoms with Crippen LogP contribution in [0.1, 0.15) is 26.8 Å². The number of ether oxygens (including phenoxy) is 1. The average Bonchev–Trinajstić information content (AvgIpc) is 3.10. The second-order valence-corrected chi connectivity index (χ2v) is 6.68. The molecule has 1 aromatic heterocycles. The van der Waals surface area contributed by atoms with Crippen LogP contribution in [0.25, 0.3) is 0 Å². The zero-order chi connectivity index (χ0) is 19.6. The summed E-state index contributed by atoms with van der Waals surface area (Å²) in [5, 5.41) is 41.9. The second kappa shape index (κ2) is 7.86. The molecule has 1 amide bonds. The van der Waals surface area contributed by atoms with E-state index in [1.807, 2.05) is 0 Å². The molecule has 1 fully saturated rings. The fourth-order valence-electron chi connectivity index (χ4n) is 2.80. The highest BCUT2D eigenvalue weighted by Gasteiger charge is 2.57. The molecule has 148 valence electrons. The van der Waals surface area contributed by atoms with E-state index in [4.69, 9.17) is 9.84 Å². The summed E-state index contributed by atoms with van der Waals surface area (Å²) >= 11 is 0. The maximum atomic E-state index is 14.8. The number of aliphatic hydroxyl groups excluding tert-OH is 3. The van der Waals surface area contributed by atoms with E-state index in [1.54, 1.807) is 13.8 Å².